The molecule has 5 rings (SSSR count). The van der Waals surface area contributed by atoms with E-state index in [1.54, 1.807) is 0 Å². The van der Waals surface area contributed by atoms with Gasteiger partial charge in [0.15, 0.2) is 5.60 Å². The topological polar surface area (TPSA) is 81.7 Å². The molecule has 0 amide bonds. The average molecular weight is 322 g/mol. The normalized spacial score (nSPS) is 16.4. The Morgan fingerprint density at radius 2 is 1.38 bits per heavy atom. The zero-order valence-electron chi connectivity index (χ0n) is 13.3. The minimum Gasteiger partial charge on any atom is -0.373 e. The molecule has 0 atom stereocenters. The van der Waals surface area contributed by atoms with Gasteiger partial charge in [0.05, 0.1) is 11.4 Å². The van der Waals surface area contributed by atoms with E-state index < -0.39 is 5.60 Å². The fourth-order valence-corrected chi connectivity index (χ4v) is 3.94. The van der Waals surface area contributed by atoms with Crippen LogP contribution < -0.4 is 0 Å². The van der Waals surface area contributed by atoms with Crippen LogP contribution in [0.1, 0.15) is 41.2 Å². The average Bonchev–Trinajstić information content (AvgIpc) is 3.35. The third-order valence-corrected chi connectivity index (χ3v) is 5.12. The number of hydrogen-bond donors (Lipinski definition) is 1. The summed E-state index contributed by atoms with van der Waals surface area (Å²) in [6.07, 6.45) is 3.81. The van der Waals surface area contributed by atoms with Crippen molar-refractivity contribution in [1.82, 2.24) is 30.0 Å². The molecule has 2 aliphatic heterocycles. The lowest BCUT2D eigenvalue weighted by molar-refractivity contribution is 0.114. The number of hydrogen-bond acceptors (Lipinski definition) is 5. The second kappa shape index (κ2) is 4.98. The van der Waals surface area contributed by atoms with E-state index >= 15 is 0 Å². The lowest BCUT2D eigenvalue weighted by Crippen LogP contribution is -2.32. The fraction of sp³-hybridized carbons (Fsp3) is 0.412. The molecule has 0 spiro atoms. The molecule has 7 nitrogen and oxygen atoms in total. The van der Waals surface area contributed by atoms with Crippen LogP contribution in [0.15, 0.2) is 30.3 Å². The number of nitrogens with zero attached hydrogens (tertiary/aromatic N) is 6. The zero-order valence-corrected chi connectivity index (χ0v) is 13.3. The standard InChI is InChI=1S/C17H18N6O/c24-17(12-6-2-1-3-7-12,15-13-8-4-10-22(13)20-18-15)16-14-9-5-11-23(14)21-19-16/h1-3,6-7,24H,4-5,8-11H2. The van der Waals surface area contributed by atoms with Crippen molar-refractivity contribution < 1.29 is 5.11 Å². The third-order valence-electron chi connectivity index (χ3n) is 5.12. The second-order valence-corrected chi connectivity index (χ2v) is 6.50. The summed E-state index contributed by atoms with van der Waals surface area (Å²) >= 11 is 0. The molecule has 0 bridgehead atoms. The van der Waals surface area contributed by atoms with Crippen LogP contribution in [0.25, 0.3) is 0 Å². The maximum atomic E-state index is 11.9. The lowest BCUT2D eigenvalue weighted by Gasteiger charge is -2.26. The van der Waals surface area contributed by atoms with Crippen molar-refractivity contribution in [3.8, 4) is 0 Å². The smallest absolute Gasteiger partial charge is 0.181 e. The van der Waals surface area contributed by atoms with Crippen molar-refractivity contribution in [3.63, 3.8) is 0 Å². The summed E-state index contributed by atoms with van der Waals surface area (Å²) in [5.74, 6) is 0. The van der Waals surface area contributed by atoms with Crippen molar-refractivity contribution in [2.45, 2.75) is 44.4 Å². The van der Waals surface area contributed by atoms with Gasteiger partial charge >= 0.3 is 0 Å². The van der Waals surface area contributed by atoms with E-state index in [0.717, 1.165) is 55.7 Å². The Hall–Kier alpha value is -2.54. The molecule has 0 fully saturated rings. The summed E-state index contributed by atoms with van der Waals surface area (Å²) in [5.41, 5.74) is 2.55. The minimum absolute atomic E-state index is 0.599. The van der Waals surface area contributed by atoms with Crippen LogP contribution in [0.4, 0.5) is 0 Å². The number of benzene rings is 1. The van der Waals surface area contributed by atoms with E-state index in [1.807, 2.05) is 39.7 Å². The largest absolute Gasteiger partial charge is 0.373 e. The molecule has 4 heterocycles. The van der Waals surface area contributed by atoms with Crippen LogP contribution in [0.2, 0.25) is 0 Å². The molecular formula is C17H18N6O. The number of aliphatic hydroxyl groups is 1. The van der Waals surface area contributed by atoms with Gasteiger partial charge in [0.25, 0.3) is 0 Å². The molecular weight excluding hydrogens is 304 g/mol. The SMILES string of the molecule is OC(c1ccccc1)(c1nnn2c1CCC2)c1nnn2c1CCC2. The first-order valence-corrected chi connectivity index (χ1v) is 8.42. The van der Waals surface area contributed by atoms with Crippen molar-refractivity contribution in [2.75, 3.05) is 0 Å². The highest BCUT2D eigenvalue weighted by Gasteiger charge is 2.45. The zero-order chi connectivity index (χ0) is 16.1. The van der Waals surface area contributed by atoms with E-state index in [2.05, 4.69) is 20.6 Å². The summed E-state index contributed by atoms with van der Waals surface area (Å²) in [5, 5.41) is 29.1. The Labute approximate surface area is 138 Å². The summed E-state index contributed by atoms with van der Waals surface area (Å²) in [6, 6.07) is 9.62. The molecule has 1 aromatic carbocycles. The monoisotopic (exact) mass is 322 g/mol. The van der Waals surface area contributed by atoms with Crippen LogP contribution in [-0.4, -0.2) is 35.1 Å². The summed E-state index contributed by atoms with van der Waals surface area (Å²) in [4.78, 5) is 0. The molecule has 0 unspecified atom stereocenters. The van der Waals surface area contributed by atoms with Crippen molar-refractivity contribution >= 4 is 0 Å². The Morgan fingerprint density at radius 3 is 1.92 bits per heavy atom. The van der Waals surface area contributed by atoms with Gasteiger partial charge in [-0.05, 0) is 31.2 Å². The van der Waals surface area contributed by atoms with E-state index in [-0.39, 0.29) is 0 Å². The molecule has 122 valence electrons. The highest BCUT2D eigenvalue weighted by molar-refractivity contribution is 5.45. The number of aryl methyl sites for hydroxylation is 2. The first-order chi connectivity index (χ1) is 11.8. The van der Waals surface area contributed by atoms with Gasteiger partial charge in [-0.15, -0.1) is 10.2 Å². The molecule has 2 aliphatic rings. The number of fused-ring (bicyclic) bond motifs is 2. The van der Waals surface area contributed by atoms with Crippen molar-refractivity contribution in [2.24, 2.45) is 0 Å². The van der Waals surface area contributed by atoms with Crippen LogP contribution >= 0.6 is 0 Å². The molecule has 0 saturated heterocycles. The highest BCUT2D eigenvalue weighted by atomic mass is 16.3. The third kappa shape index (κ3) is 1.76. The molecule has 2 aromatic heterocycles. The molecule has 3 aromatic rings. The second-order valence-electron chi connectivity index (χ2n) is 6.50. The van der Waals surface area contributed by atoms with Gasteiger partial charge in [-0.25, -0.2) is 9.36 Å². The maximum Gasteiger partial charge on any atom is 0.181 e. The summed E-state index contributed by atoms with van der Waals surface area (Å²) in [7, 11) is 0. The van der Waals surface area contributed by atoms with Gasteiger partial charge in [-0.3, -0.25) is 0 Å². The Morgan fingerprint density at radius 1 is 0.833 bits per heavy atom. The van der Waals surface area contributed by atoms with Crippen LogP contribution in [0.3, 0.4) is 0 Å². The minimum atomic E-state index is -1.41. The van der Waals surface area contributed by atoms with Crippen molar-refractivity contribution in [1.29, 1.82) is 0 Å². The predicted octanol–water partition coefficient (Wildman–Crippen LogP) is 1.05. The van der Waals surface area contributed by atoms with Gasteiger partial charge in [-0.2, -0.15) is 0 Å². The van der Waals surface area contributed by atoms with Gasteiger partial charge < -0.3 is 5.11 Å². The number of aromatic nitrogens is 6. The Bertz CT molecular complexity index is 845. The van der Waals surface area contributed by atoms with E-state index in [0.29, 0.717) is 11.4 Å². The fourth-order valence-electron chi connectivity index (χ4n) is 3.94. The summed E-state index contributed by atoms with van der Waals surface area (Å²) < 4.78 is 3.79. The lowest BCUT2D eigenvalue weighted by atomic mass is 9.84. The molecule has 0 radical (unpaired) electrons. The first-order valence-electron chi connectivity index (χ1n) is 8.42. The molecule has 24 heavy (non-hydrogen) atoms. The van der Waals surface area contributed by atoms with Crippen LogP contribution in [0.5, 0.6) is 0 Å². The van der Waals surface area contributed by atoms with Crippen LogP contribution in [-0.2, 0) is 31.5 Å². The molecule has 7 heteroatoms. The quantitative estimate of drug-likeness (QED) is 0.779. The van der Waals surface area contributed by atoms with E-state index in [1.165, 1.54) is 0 Å². The Balaban J connectivity index is 1.78. The molecule has 1 N–H and O–H groups in total. The molecule has 0 saturated carbocycles. The van der Waals surface area contributed by atoms with E-state index in [9.17, 15) is 5.11 Å². The number of rotatable bonds is 3. The first kappa shape index (κ1) is 13.9. The van der Waals surface area contributed by atoms with Crippen LogP contribution in [0, 0.1) is 0 Å². The predicted molar refractivity (Wildman–Crippen MR) is 85.2 cm³/mol. The Kier molecular flexibility index (Phi) is 2.87. The summed E-state index contributed by atoms with van der Waals surface area (Å²) in [6.45, 7) is 1.71. The van der Waals surface area contributed by atoms with Gasteiger partial charge in [0.1, 0.15) is 11.4 Å². The van der Waals surface area contributed by atoms with Crippen molar-refractivity contribution in [3.05, 3.63) is 58.7 Å². The maximum absolute atomic E-state index is 11.9. The van der Waals surface area contributed by atoms with E-state index in [4.69, 9.17) is 0 Å². The van der Waals surface area contributed by atoms with Gasteiger partial charge in [0, 0.05) is 13.1 Å². The van der Waals surface area contributed by atoms with Gasteiger partial charge in [-0.1, -0.05) is 40.8 Å². The van der Waals surface area contributed by atoms with Gasteiger partial charge in [0.2, 0.25) is 0 Å². The highest BCUT2D eigenvalue weighted by Crippen LogP contribution is 2.40. The molecule has 0 aliphatic carbocycles.